The second-order valence-electron chi connectivity index (χ2n) is 3.84. The summed E-state index contributed by atoms with van der Waals surface area (Å²) >= 11 is 0. The number of rotatable bonds is 3. The quantitative estimate of drug-likeness (QED) is 0.729. The van der Waals surface area contributed by atoms with Gasteiger partial charge >= 0.3 is 0 Å². The van der Waals surface area contributed by atoms with Gasteiger partial charge in [0.1, 0.15) is 5.82 Å². The highest BCUT2D eigenvalue weighted by Crippen LogP contribution is 2.24. The summed E-state index contributed by atoms with van der Waals surface area (Å²) in [5, 5.41) is 9.18. The molecule has 0 spiro atoms. The lowest BCUT2D eigenvalue weighted by molar-refractivity contribution is 0.210. The molecule has 4 heteroatoms. The van der Waals surface area contributed by atoms with E-state index in [9.17, 15) is 5.11 Å². The molecule has 0 aromatic carbocycles. The molecule has 4 nitrogen and oxygen atoms in total. The predicted octanol–water partition coefficient (Wildman–Crippen LogP) is 0.314. The number of aromatic nitrogens is 1. The molecule has 3 N–H and O–H groups in total. The van der Waals surface area contributed by atoms with Gasteiger partial charge in [-0.05, 0) is 13.0 Å². The van der Waals surface area contributed by atoms with E-state index >= 15 is 0 Å². The van der Waals surface area contributed by atoms with Crippen molar-refractivity contribution >= 4 is 5.82 Å². The van der Waals surface area contributed by atoms with Crippen molar-refractivity contribution in [2.75, 3.05) is 25.6 Å². The zero-order chi connectivity index (χ0) is 10.8. The first-order chi connectivity index (χ1) is 6.49. The molecule has 0 saturated heterocycles. The van der Waals surface area contributed by atoms with Crippen molar-refractivity contribution in [2.45, 2.75) is 12.5 Å². The van der Waals surface area contributed by atoms with Crippen molar-refractivity contribution in [3.63, 3.8) is 0 Å². The molecule has 1 aromatic rings. The van der Waals surface area contributed by atoms with Gasteiger partial charge in [-0.3, -0.25) is 0 Å². The lowest BCUT2D eigenvalue weighted by Gasteiger charge is -2.26. The predicted molar refractivity (Wildman–Crippen MR) is 57.2 cm³/mol. The average molecular weight is 195 g/mol. The first-order valence-electron chi connectivity index (χ1n) is 4.51. The van der Waals surface area contributed by atoms with Crippen molar-refractivity contribution < 1.29 is 5.11 Å². The van der Waals surface area contributed by atoms with Crippen LogP contribution < -0.4 is 10.6 Å². The second-order valence-corrected chi connectivity index (χ2v) is 3.84. The normalized spacial score (nSPS) is 14.9. The molecule has 0 aliphatic rings. The van der Waals surface area contributed by atoms with E-state index < -0.39 is 5.54 Å². The number of nitrogens with zero attached hydrogens (tertiary/aromatic N) is 2. The minimum atomic E-state index is -0.742. The number of pyridine rings is 1. The number of aliphatic hydroxyl groups is 1. The maximum Gasteiger partial charge on any atom is 0.133 e. The van der Waals surface area contributed by atoms with Crippen molar-refractivity contribution in [2.24, 2.45) is 5.73 Å². The summed E-state index contributed by atoms with van der Waals surface area (Å²) < 4.78 is 0. The first-order valence-corrected chi connectivity index (χ1v) is 4.51. The first kappa shape index (κ1) is 10.9. The van der Waals surface area contributed by atoms with Crippen LogP contribution in [0.1, 0.15) is 12.5 Å². The summed E-state index contributed by atoms with van der Waals surface area (Å²) in [6.07, 6.45) is 1.71. The number of anilines is 1. The van der Waals surface area contributed by atoms with Gasteiger partial charge in [0, 0.05) is 25.9 Å². The summed E-state index contributed by atoms with van der Waals surface area (Å²) in [4.78, 5) is 6.11. The van der Waals surface area contributed by atoms with Crippen LogP contribution in [0.15, 0.2) is 18.3 Å². The molecule has 0 saturated carbocycles. The van der Waals surface area contributed by atoms with E-state index in [2.05, 4.69) is 4.98 Å². The molecule has 0 bridgehead atoms. The molecular formula is C10H17N3O. The van der Waals surface area contributed by atoms with Gasteiger partial charge in [0.15, 0.2) is 0 Å². The van der Waals surface area contributed by atoms with Crippen molar-refractivity contribution in [1.82, 2.24) is 4.98 Å². The Bertz CT molecular complexity index is 310. The van der Waals surface area contributed by atoms with Gasteiger partial charge in [-0.15, -0.1) is 0 Å². The summed E-state index contributed by atoms with van der Waals surface area (Å²) in [6.45, 7) is 1.69. The largest absolute Gasteiger partial charge is 0.394 e. The van der Waals surface area contributed by atoms with Crippen LogP contribution in [-0.4, -0.2) is 30.8 Å². The molecule has 0 amide bonds. The van der Waals surface area contributed by atoms with Crippen LogP contribution in [0.2, 0.25) is 0 Å². The summed E-state index contributed by atoms with van der Waals surface area (Å²) in [6, 6.07) is 3.71. The highest BCUT2D eigenvalue weighted by Gasteiger charge is 2.24. The van der Waals surface area contributed by atoms with Crippen molar-refractivity contribution in [3.05, 3.63) is 23.9 Å². The standard InChI is InChI=1S/C10H17N3O/c1-10(11,7-14)8-5-4-6-12-9(8)13(2)3/h4-6,14H,7,11H2,1-3H3. The average Bonchev–Trinajstić information content (AvgIpc) is 2.18. The number of nitrogens with two attached hydrogens (primary N) is 1. The fraction of sp³-hybridized carbons (Fsp3) is 0.500. The smallest absolute Gasteiger partial charge is 0.133 e. The Morgan fingerprint density at radius 2 is 2.21 bits per heavy atom. The van der Waals surface area contributed by atoms with Gasteiger partial charge in [0.2, 0.25) is 0 Å². The Kier molecular flexibility index (Phi) is 3.08. The van der Waals surface area contributed by atoms with E-state index in [1.165, 1.54) is 0 Å². The third kappa shape index (κ3) is 2.02. The Balaban J connectivity index is 3.20. The highest BCUT2D eigenvalue weighted by atomic mass is 16.3. The molecule has 0 aliphatic carbocycles. The molecule has 0 radical (unpaired) electrons. The molecule has 1 rings (SSSR count). The van der Waals surface area contributed by atoms with E-state index in [1.807, 2.05) is 31.1 Å². The topological polar surface area (TPSA) is 62.4 Å². The monoisotopic (exact) mass is 195 g/mol. The molecule has 1 unspecified atom stereocenters. The third-order valence-electron chi connectivity index (χ3n) is 2.15. The molecule has 1 heterocycles. The minimum Gasteiger partial charge on any atom is -0.394 e. The zero-order valence-corrected chi connectivity index (χ0v) is 8.86. The van der Waals surface area contributed by atoms with Crippen LogP contribution in [0, 0.1) is 0 Å². The molecule has 14 heavy (non-hydrogen) atoms. The molecule has 1 aromatic heterocycles. The Morgan fingerprint density at radius 1 is 1.57 bits per heavy atom. The van der Waals surface area contributed by atoms with Gasteiger partial charge in [-0.2, -0.15) is 0 Å². The molecular weight excluding hydrogens is 178 g/mol. The van der Waals surface area contributed by atoms with Crippen molar-refractivity contribution in [3.8, 4) is 0 Å². The fourth-order valence-electron chi connectivity index (χ4n) is 1.28. The van der Waals surface area contributed by atoms with Crippen LogP contribution in [0.3, 0.4) is 0 Å². The van der Waals surface area contributed by atoms with E-state index in [1.54, 1.807) is 13.1 Å². The zero-order valence-electron chi connectivity index (χ0n) is 8.86. The molecule has 1 atom stereocenters. The van der Waals surface area contributed by atoms with Crippen LogP contribution in [0.5, 0.6) is 0 Å². The fourth-order valence-corrected chi connectivity index (χ4v) is 1.28. The van der Waals surface area contributed by atoms with E-state index in [4.69, 9.17) is 5.73 Å². The Labute approximate surface area is 84.4 Å². The molecule has 0 fully saturated rings. The van der Waals surface area contributed by atoms with E-state index in [0.717, 1.165) is 11.4 Å². The van der Waals surface area contributed by atoms with Gasteiger partial charge in [0.05, 0.1) is 12.1 Å². The third-order valence-corrected chi connectivity index (χ3v) is 2.15. The van der Waals surface area contributed by atoms with Crippen LogP contribution in [0.25, 0.3) is 0 Å². The number of aliphatic hydroxyl groups excluding tert-OH is 1. The van der Waals surface area contributed by atoms with Gasteiger partial charge in [0.25, 0.3) is 0 Å². The maximum absolute atomic E-state index is 9.18. The lowest BCUT2D eigenvalue weighted by Crippen LogP contribution is -2.38. The van der Waals surface area contributed by atoms with Crippen molar-refractivity contribution in [1.29, 1.82) is 0 Å². The van der Waals surface area contributed by atoms with Gasteiger partial charge in [-0.25, -0.2) is 4.98 Å². The van der Waals surface area contributed by atoms with E-state index in [0.29, 0.717) is 0 Å². The number of hydrogen-bond acceptors (Lipinski definition) is 4. The van der Waals surface area contributed by atoms with Crippen LogP contribution in [-0.2, 0) is 5.54 Å². The molecule has 0 aliphatic heterocycles. The minimum absolute atomic E-state index is 0.0977. The molecule has 78 valence electrons. The van der Waals surface area contributed by atoms with Gasteiger partial charge in [-0.1, -0.05) is 6.07 Å². The maximum atomic E-state index is 9.18. The summed E-state index contributed by atoms with van der Waals surface area (Å²) in [5.74, 6) is 0.798. The summed E-state index contributed by atoms with van der Waals surface area (Å²) in [7, 11) is 3.80. The van der Waals surface area contributed by atoms with Crippen LogP contribution >= 0.6 is 0 Å². The lowest BCUT2D eigenvalue weighted by atomic mass is 9.94. The van der Waals surface area contributed by atoms with E-state index in [-0.39, 0.29) is 6.61 Å². The Hall–Kier alpha value is -1.13. The van der Waals surface area contributed by atoms with Crippen LogP contribution in [0.4, 0.5) is 5.82 Å². The number of hydrogen-bond donors (Lipinski definition) is 2. The highest BCUT2D eigenvalue weighted by molar-refractivity contribution is 5.48. The summed E-state index contributed by atoms with van der Waals surface area (Å²) in [5.41, 5.74) is 6.07. The SMILES string of the molecule is CN(C)c1ncccc1C(C)(N)CO. The Morgan fingerprint density at radius 3 is 2.71 bits per heavy atom. The van der Waals surface area contributed by atoms with Gasteiger partial charge < -0.3 is 15.7 Å². The second kappa shape index (κ2) is 3.94.